The molecule has 0 saturated heterocycles. The van der Waals surface area contributed by atoms with Crippen LogP contribution in [0.4, 0.5) is 15.8 Å². The van der Waals surface area contributed by atoms with Crippen molar-refractivity contribution in [1.82, 2.24) is 9.36 Å². The van der Waals surface area contributed by atoms with E-state index in [1.807, 2.05) is 0 Å². The lowest BCUT2D eigenvalue weighted by atomic mass is 10.1. The number of terminal acetylenes is 1. The number of nitrogens with one attached hydrogen (secondary N) is 1. The van der Waals surface area contributed by atoms with Crippen molar-refractivity contribution in [2.24, 2.45) is 0 Å². The normalized spacial score (nSPS) is 13.4. The Morgan fingerprint density at radius 2 is 2.04 bits per heavy atom. The Bertz CT molecular complexity index is 862. The highest BCUT2D eigenvalue weighted by Crippen LogP contribution is 2.33. The van der Waals surface area contributed by atoms with Crippen LogP contribution in [0.5, 0.6) is 0 Å². The predicted octanol–water partition coefficient (Wildman–Crippen LogP) is 2.53. The van der Waals surface area contributed by atoms with Crippen molar-refractivity contribution >= 4 is 23.0 Å². The van der Waals surface area contributed by atoms with E-state index in [9.17, 15) is 9.18 Å². The van der Waals surface area contributed by atoms with E-state index in [0.29, 0.717) is 18.8 Å². The van der Waals surface area contributed by atoms with Crippen LogP contribution < -0.4 is 16.6 Å². The molecule has 0 fully saturated rings. The van der Waals surface area contributed by atoms with Crippen molar-refractivity contribution in [3.8, 4) is 23.5 Å². The first kappa shape index (κ1) is 15.5. The maximum atomic E-state index is 14.4. The minimum atomic E-state index is -0.587. The van der Waals surface area contributed by atoms with Gasteiger partial charge in [-0.3, -0.25) is 9.48 Å². The Morgan fingerprint density at radius 3 is 2.70 bits per heavy atom. The van der Waals surface area contributed by atoms with Gasteiger partial charge in [-0.05, 0) is 25.0 Å². The molecule has 0 radical (unpaired) electrons. The van der Waals surface area contributed by atoms with Gasteiger partial charge in [-0.15, -0.1) is 6.42 Å². The molecule has 1 aliphatic rings. The molecule has 0 amide bonds. The molecule has 0 unspecified atom stereocenters. The number of aromatic nitrogens is 2. The lowest BCUT2D eigenvalue weighted by Crippen LogP contribution is -2.27. The summed E-state index contributed by atoms with van der Waals surface area (Å²) in [5.74, 6) is 1.84. The van der Waals surface area contributed by atoms with Gasteiger partial charge in [0.05, 0.1) is 23.5 Å². The van der Waals surface area contributed by atoms with Crippen LogP contribution in [0.15, 0.2) is 16.9 Å². The fourth-order valence-electron chi connectivity index (χ4n) is 2.83. The highest BCUT2D eigenvalue weighted by molar-refractivity contribution is 6.32. The highest BCUT2D eigenvalue weighted by Gasteiger charge is 2.24. The molecule has 0 bridgehead atoms. The number of rotatable bonds is 3. The summed E-state index contributed by atoms with van der Waals surface area (Å²) in [6.45, 7) is 1.47. The zero-order chi connectivity index (χ0) is 16.6. The van der Waals surface area contributed by atoms with E-state index >= 15 is 0 Å². The molecule has 3 rings (SSSR count). The number of anilines is 2. The van der Waals surface area contributed by atoms with E-state index < -0.39 is 5.82 Å². The van der Waals surface area contributed by atoms with Crippen molar-refractivity contribution < 1.29 is 4.39 Å². The minimum absolute atomic E-state index is 0.128. The van der Waals surface area contributed by atoms with E-state index in [0.717, 1.165) is 12.8 Å². The highest BCUT2D eigenvalue weighted by atomic mass is 35.5. The van der Waals surface area contributed by atoms with Gasteiger partial charge in [0.1, 0.15) is 11.0 Å². The van der Waals surface area contributed by atoms with Crippen LogP contribution in [0.2, 0.25) is 5.15 Å². The molecular formula is C16H16ClFN4O. The van der Waals surface area contributed by atoms with Gasteiger partial charge in [0.2, 0.25) is 0 Å². The third kappa shape index (κ3) is 2.57. The summed E-state index contributed by atoms with van der Waals surface area (Å²) < 4.78 is 17.7. The van der Waals surface area contributed by atoms with E-state index in [1.54, 1.807) is 9.36 Å². The van der Waals surface area contributed by atoms with Crippen LogP contribution in [0.1, 0.15) is 12.8 Å². The summed E-state index contributed by atoms with van der Waals surface area (Å²) in [6.07, 6.45) is 7.05. The number of benzene rings is 1. The number of halogens is 2. The zero-order valence-electron chi connectivity index (χ0n) is 12.4. The van der Waals surface area contributed by atoms with Crippen molar-refractivity contribution in [2.75, 3.05) is 17.6 Å². The third-order valence-electron chi connectivity index (χ3n) is 3.95. The predicted molar refractivity (Wildman–Crippen MR) is 90.1 cm³/mol. The number of nitrogens with zero attached hydrogens (tertiary/aromatic N) is 2. The van der Waals surface area contributed by atoms with Gasteiger partial charge in [0.15, 0.2) is 0 Å². The molecule has 5 nitrogen and oxygen atoms in total. The number of nitrogens with two attached hydrogens (primary N) is 1. The van der Waals surface area contributed by atoms with E-state index in [1.165, 1.54) is 12.1 Å². The lowest BCUT2D eigenvalue weighted by Gasteiger charge is -2.17. The fraction of sp³-hybridized carbons (Fsp3) is 0.312. The van der Waals surface area contributed by atoms with Crippen LogP contribution in [0, 0.1) is 18.2 Å². The maximum Gasteiger partial charge on any atom is 0.276 e. The Kier molecular flexibility index (Phi) is 4.05. The van der Waals surface area contributed by atoms with Gasteiger partial charge in [0.25, 0.3) is 5.56 Å². The largest absolute Gasteiger partial charge is 0.397 e. The maximum absolute atomic E-state index is 14.4. The first-order valence-electron chi connectivity index (χ1n) is 7.30. The van der Waals surface area contributed by atoms with E-state index in [2.05, 4.69) is 11.2 Å². The minimum Gasteiger partial charge on any atom is -0.397 e. The van der Waals surface area contributed by atoms with Crippen molar-refractivity contribution in [1.29, 1.82) is 0 Å². The molecule has 1 aromatic heterocycles. The molecule has 23 heavy (non-hydrogen) atoms. The van der Waals surface area contributed by atoms with Gasteiger partial charge in [-0.1, -0.05) is 17.5 Å². The van der Waals surface area contributed by atoms with Crippen LogP contribution in [0.3, 0.4) is 0 Å². The summed E-state index contributed by atoms with van der Waals surface area (Å²) in [4.78, 5) is 12.6. The van der Waals surface area contributed by atoms with Crippen LogP contribution in [-0.2, 0) is 13.1 Å². The molecule has 2 heterocycles. The molecule has 0 aliphatic carbocycles. The monoisotopic (exact) mass is 334 g/mol. The van der Waals surface area contributed by atoms with Gasteiger partial charge < -0.3 is 11.1 Å². The Hall–Kier alpha value is -2.39. The van der Waals surface area contributed by atoms with Crippen LogP contribution in [-0.4, -0.2) is 15.9 Å². The molecule has 120 valence electrons. The third-order valence-corrected chi connectivity index (χ3v) is 4.34. The van der Waals surface area contributed by atoms with E-state index in [4.69, 9.17) is 23.8 Å². The summed E-state index contributed by atoms with van der Waals surface area (Å²) in [5, 5.41) is 3.17. The average molecular weight is 335 g/mol. The Labute approximate surface area is 137 Å². The molecule has 3 N–H and O–H groups in total. The molecule has 2 aromatic rings. The standard InChI is InChI=1S/C16H16ClFN4O/c1-2-5-20-13-8-10(11(18)9-12(13)19)14-15(17)21-6-3-4-7-22(21)16(14)23/h1,8-9,20H,3-7,19H2. The zero-order valence-corrected chi connectivity index (χ0v) is 13.2. The second kappa shape index (κ2) is 6.01. The molecule has 1 aromatic carbocycles. The molecule has 0 atom stereocenters. The number of hydrogen-bond donors (Lipinski definition) is 2. The first-order valence-corrected chi connectivity index (χ1v) is 7.68. The van der Waals surface area contributed by atoms with Gasteiger partial charge in [-0.2, -0.15) is 0 Å². The van der Waals surface area contributed by atoms with Gasteiger partial charge in [-0.25, -0.2) is 9.07 Å². The molecule has 7 heteroatoms. The number of nitrogen functional groups attached to an aromatic ring is 1. The number of fused-ring (bicyclic) bond motifs is 1. The second-order valence-electron chi connectivity index (χ2n) is 5.40. The number of hydrogen-bond acceptors (Lipinski definition) is 3. The van der Waals surface area contributed by atoms with Crippen molar-refractivity contribution in [3.63, 3.8) is 0 Å². The first-order chi connectivity index (χ1) is 11.0. The summed E-state index contributed by atoms with van der Waals surface area (Å²) in [5.41, 5.74) is 6.49. The molecule has 0 saturated carbocycles. The topological polar surface area (TPSA) is 65.0 Å². The van der Waals surface area contributed by atoms with E-state index in [-0.39, 0.29) is 34.1 Å². The summed E-state index contributed by atoms with van der Waals surface area (Å²) >= 11 is 6.34. The van der Waals surface area contributed by atoms with Gasteiger partial charge >= 0.3 is 0 Å². The second-order valence-corrected chi connectivity index (χ2v) is 5.76. The smallest absolute Gasteiger partial charge is 0.276 e. The molecular weight excluding hydrogens is 319 g/mol. The summed E-state index contributed by atoms with van der Waals surface area (Å²) in [7, 11) is 0. The fourth-order valence-corrected chi connectivity index (χ4v) is 3.19. The van der Waals surface area contributed by atoms with Crippen LogP contribution in [0.25, 0.3) is 11.1 Å². The van der Waals surface area contributed by atoms with Crippen molar-refractivity contribution in [3.05, 3.63) is 33.5 Å². The average Bonchev–Trinajstić information content (AvgIpc) is 2.79. The Balaban J connectivity index is 2.18. The molecule has 0 spiro atoms. The SMILES string of the molecule is C#CCNc1cc(-c2c(Cl)n3n(c2=O)CCCC3)c(F)cc1N. The lowest BCUT2D eigenvalue weighted by molar-refractivity contribution is 0.356. The quantitative estimate of drug-likeness (QED) is 0.669. The van der Waals surface area contributed by atoms with Gasteiger partial charge in [0, 0.05) is 18.7 Å². The Morgan fingerprint density at radius 1 is 1.35 bits per heavy atom. The van der Waals surface area contributed by atoms with Crippen molar-refractivity contribution in [2.45, 2.75) is 25.9 Å². The van der Waals surface area contributed by atoms with Crippen LogP contribution >= 0.6 is 11.6 Å². The molecule has 1 aliphatic heterocycles. The summed E-state index contributed by atoms with van der Waals surface area (Å²) in [6, 6.07) is 2.66.